The van der Waals surface area contributed by atoms with E-state index in [1.54, 1.807) is 0 Å². The topological polar surface area (TPSA) is 29.3 Å². The first kappa shape index (κ1) is 11.3. The third-order valence-corrected chi connectivity index (χ3v) is 3.81. The Morgan fingerprint density at radius 1 is 1.31 bits per heavy atom. The Hall–Kier alpha value is -1.18. The van der Waals surface area contributed by atoms with E-state index in [0.717, 1.165) is 11.6 Å². The van der Waals surface area contributed by atoms with Crippen LogP contribution >= 0.6 is 0 Å². The molecule has 0 saturated carbocycles. The first-order valence-electron chi connectivity index (χ1n) is 6.31. The number of piperidine rings is 1. The van der Waals surface area contributed by atoms with Crippen molar-refractivity contribution >= 4 is 11.4 Å². The first-order valence-corrected chi connectivity index (χ1v) is 6.31. The van der Waals surface area contributed by atoms with Crippen molar-refractivity contribution in [1.29, 1.82) is 0 Å². The Balaban J connectivity index is 2.05. The van der Waals surface area contributed by atoms with E-state index >= 15 is 0 Å². The van der Waals surface area contributed by atoms with Gasteiger partial charge in [-0.3, -0.25) is 0 Å². The van der Waals surface area contributed by atoms with Gasteiger partial charge in [-0.15, -0.1) is 0 Å². The zero-order valence-electron chi connectivity index (χ0n) is 10.4. The second-order valence-corrected chi connectivity index (χ2v) is 4.88. The summed E-state index contributed by atoms with van der Waals surface area (Å²) in [4.78, 5) is 2.48. The van der Waals surface area contributed by atoms with Crippen LogP contribution in [-0.2, 0) is 0 Å². The summed E-state index contributed by atoms with van der Waals surface area (Å²) in [6.45, 7) is 6.77. The number of hydrogen-bond donors (Lipinski definition) is 1. The van der Waals surface area contributed by atoms with Gasteiger partial charge in [-0.2, -0.15) is 0 Å². The summed E-state index contributed by atoms with van der Waals surface area (Å²) >= 11 is 0. The number of benzene rings is 1. The van der Waals surface area contributed by atoms with Crippen LogP contribution in [0.3, 0.4) is 0 Å². The minimum atomic E-state index is 0.896. The maximum atomic E-state index is 5.84. The van der Waals surface area contributed by atoms with Crippen LogP contribution in [0.4, 0.5) is 11.4 Å². The molecule has 0 aromatic heterocycles. The van der Waals surface area contributed by atoms with Gasteiger partial charge < -0.3 is 10.6 Å². The van der Waals surface area contributed by atoms with Gasteiger partial charge in [0.25, 0.3) is 0 Å². The minimum Gasteiger partial charge on any atom is -0.399 e. The fourth-order valence-electron chi connectivity index (χ4n) is 2.46. The van der Waals surface area contributed by atoms with Gasteiger partial charge in [-0.05, 0) is 49.4 Å². The SMILES string of the molecule is CCC1CCN(c2ccc(N)c(C)c2)CC1. The number of hydrogen-bond acceptors (Lipinski definition) is 2. The van der Waals surface area contributed by atoms with Crippen LogP contribution in [0.1, 0.15) is 31.7 Å². The molecule has 2 nitrogen and oxygen atoms in total. The summed E-state index contributed by atoms with van der Waals surface area (Å²) in [5.41, 5.74) is 9.26. The monoisotopic (exact) mass is 218 g/mol. The van der Waals surface area contributed by atoms with Crippen molar-refractivity contribution in [2.45, 2.75) is 33.1 Å². The van der Waals surface area contributed by atoms with Gasteiger partial charge in [0.05, 0.1) is 0 Å². The Morgan fingerprint density at radius 3 is 2.56 bits per heavy atom. The van der Waals surface area contributed by atoms with Gasteiger partial charge in [-0.25, -0.2) is 0 Å². The lowest BCUT2D eigenvalue weighted by atomic mass is 9.94. The summed E-state index contributed by atoms with van der Waals surface area (Å²) in [6.07, 6.45) is 3.99. The average Bonchev–Trinajstić information content (AvgIpc) is 2.33. The number of nitrogens with zero attached hydrogens (tertiary/aromatic N) is 1. The van der Waals surface area contributed by atoms with Crippen LogP contribution < -0.4 is 10.6 Å². The lowest BCUT2D eigenvalue weighted by Gasteiger charge is -2.33. The van der Waals surface area contributed by atoms with Crippen molar-refractivity contribution in [3.8, 4) is 0 Å². The van der Waals surface area contributed by atoms with Crippen LogP contribution in [0.2, 0.25) is 0 Å². The molecule has 1 aliphatic heterocycles. The Kier molecular flexibility index (Phi) is 3.37. The highest BCUT2D eigenvalue weighted by molar-refractivity contribution is 5.58. The van der Waals surface area contributed by atoms with Crippen LogP contribution in [0, 0.1) is 12.8 Å². The third kappa shape index (κ3) is 2.31. The van der Waals surface area contributed by atoms with Gasteiger partial charge in [0.15, 0.2) is 0 Å². The van der Waals surface area contributed by atoms with Crippen molar-refractivity contribution in [2.75, 3.05) is 23.7 Å². The van der Waals surface area contributed by atoms with Crippen molar-refractivity contribution in [3.05, 3.63) is 23.8 Å². The number of rotatable bonds is 2. The first-order chi connectivity index (χ1) is 7.70. The minimum absolute atomic E-state index is 0.896. The molecule has 2 rings (SSSR count). The number of anilines is 2. The lowest BCUT2D eigenvalue weighted by molar-refractivity contribution is 0.395. The summed E-state index contributed by atoms with van der Waals surface area (Å²) in [6, 6.07) is 6.38. The summed E-state index contributed by atoms with van der Waals surface area (Å²) in [5.74, 6) is 0.936. The molecule has 1 aliphatic rings. The molecular weight excluding hydrogens is 196 g/mol. The standard InChI is InChI=1S/C14H22N2/c1-3-12-6-8-16(9-7-12)13-4-5-14(15)11(2)10-13/h4-5,10,12H,3,6-9,15H2,1-2H3. The highest BCUT2D eigenvalue weighted by atomic mass is 15.1. The second-order valence-electron chi connectivity index (χ2n) is 4.88. The Morgan fingerprint density at radius 2 is 2.00 bits per heavy atom. The predicted octanol–water partition coefficient (Wildman–Crippen LogP) is 3.20. The molecule has 0 unspecified atom stereocenters. The van der Waals surface area contributed by atoms with Crippen molar-refractivity contribution in [2.24, 2.45) is 5.92 Å². The fraction of sp³-hybridized carbons (Fsp3) is 0.571. The highest BCUT2D eigenvalue weighted by Gasteiger charge is 2.17. The van der Waals surface area contributed by atoms with Gasteiger partial charge in [0, 0.05) is 24.5 Å². The normalized spacial score (nSPS) is 17.8. The summed E-state index contributed by atoms with van der Waals surface area (Å²) in [7, 11) is 0. The van der Waals surface area contributed by atoms with Crippen molar-refractivity contribution < 1.29 is 0 Å². The molecule has 1 heterocycles. The van der Waals surface area contributed by atoms with Crippen LogP contribution in [-0.4, -0.2) is 13.1 Å². The molecule has 0 atom stereocenters. The largest absolute Gasteiger partial charge is 0.399 e. The molecule has 1 fully saturated rings. The van der Waals surface area contributed by atoms with E-state index in [-0.39, 0.29) is 0 Å². The highest BCUT2D eigenvalue weighted by Crippen LogP contribution is 2.26. The molecule has 88 valence electrons. The molecule has 2 heteroatoms. The molecule has 0 spiro atoms. The van der Waals surface area contributed by atoms with E-state index in [0.29, 0.717) is 0 Å². The number of aryl methyl sites for hydroxylation is 1. The molecule has 2 N–H and O–H groups in total. The predicted molar refractivity (Wildman–Crippen MR) is 70.8 cm³/mol. The van der Waals surface area contributed by atoms with Crippen molar-refractivity contribution in [1.82, 2.24) is 0 Å². The van der Waals surface area contributed by atoms with E-state index < -0.39 is 0 Å². The van der Waals surface area contributed by atoms with E-state index in [1.807, 2.05) is 6.07 Å². The zero-order valence-corrected chi connectivity index (χ0v) is 10.4. The molecule has 1 aromatic carbocycles. The number of nitrogens with two attached hydrogens (primary N) is 1. The summed E-state index contributed by atoms with van der Waals surface area (Å²) < 4.78 is 0. The molecule has 1 saturated heterocycles. The quantitative estimate of drug-likeness (QED) is 0.772. The smallest absolute Gasteiger partial charge is 0.0370 e. The van der Waals surface area contributed by atoms with Crippen LogP contribution in [0.15, 0.2) is 18.2 Å². The molecule has 16 heavy (non-hydrogen) atoms. The molecule has 0 radical (unpaired) electrons. The van der Waals surface area contributed by atoms with Gasteiger partial charge in [0.2, 0.25) is 0 Å². The molecule has 0 bridgehead atoms. The zero-order chi connectivity index (χ0) is 11.5. The summed E-state index contributed by atoms with van der Waals surface area (Å²) in [5, 5.41) is 0. The van der Waals surface area contributed by atoms with Crippen LogP contribution in [0.25, 0.3) is 0 Å². The third-order valence-electron chi connectivity index (χ3n) is 3.81. The molecule has 0 amide bonds. The number of nitrogen functional groups attached to an aromatic ring is 1. The molecular formula is C14H22N2. The second kappa shape index (κ2) is 4.77. The fourth-order valence-corrected chi connectivity index (χ4v) is 2.46. The van der Waals surface area contributed by atoms with E-state index in [1.165, 1.54) is 43.6 Å². The van der Waals surface area contributed by atoms with Crippen LogP contribution in [0.5, 0.6) is 0 Å². The molecule has 1 aromatic rings. The maximum Gasteiger partial charge on any atom is 0.0370 e. The van der Waals surface area contributed by atoms with E-state index in [9.17, 15) is 0 Å². The lowest BCUT2D eigenvalue weighted by Crippen LogP contribution is -2.33. The van der Waals surface area contributed by atoms with Gasteiger partial charge >= 0.3 is 0 Å². The van der Waals surface area contributed by atoms with Crippen molar-refractivity contribution in [3.63, 3.8) is 0 Å². The van der Waals surface area contributed by atoms with Gasteiger partial charge in [0.1, 0.15) is 0 Å². The maximum absolute atomic E-state index is 5.84. The van der Waals surface area contributed by atoms with E-state index in [4.69, 9.17) is 5.73 Å². The van der Waals surface area contributed by atoms with Gasteiger partial charge in [-0.1, -0.05) is 13.3 Å². The Labute approximate surface area is 98.4 Å². The average molecular weight is 218 g/mol. The Bertz CT molecular complexity index is 352. The molecule has 0 aliphatic carbocycles. The van der Waals surface area contributed by atoms with E-state index in [2.05, 4.69) is 30.9 Å².